The van der Waals surface area contributed by atoms with E-state index in [0.29, 0.717) is 20.6 Å². The number of hydrogen-bond acceptors (Lipinski definition) is 4. The number of nitrogens with zero attached hydrogens (tertiary/aromatic N) is 2. The Morgan fingerprint density at radius 1 is 1.37 bits per heavy atom. The van der Waals surface area contributed by atoms with E-state index in [1.807, 2.05) is 6.92 Å². The standard InChI is InChI=1S/C13H11ClN2O2S/c1-7-5-8(2)16-12(11(7)13(17)18)19-10-4-3-9(14)6-15-10/h3-6H,1-2H3,(H,17,18). The van der Waals surface area contributed by atoms with E-state index < -0.39 is 5.97 Å². The zero-order valence-electron chi connectivity index (χ0n) is 10.3. The van der Waals surface area contributed by atoms with E-state index >= 15 is 0 Å². The fraction of sp³-hybridized carbons (Fsp3) is 0.154. The van der Waals surface area contributed by atoms with Crippen molar-refractivity contribution in [1.82, 2.24) is 9.97 Å². The van der Waals surface area contributed by atoms with Gasteiger partial charge < -0.3 is 5.11 Å². The van der Waals surface area contributed by atoms with E-state index in [1.54, 1.807) is 25.1 Å². The highest BCUT2D eigenvalue weighted by atomic mass is 35.5. The van der Waals surface area contributed by atoms with Crippen molar-refractivity contribution >= 4 is 29.3 Å². The second-order valence-corrected chi connectivity index (χ2v) is 5.43. The molecule has 0 spiro atoms. The molecule has 0 atom stereocenters. The highest BCUT2D eigenvalue weighted by Crippen LogP contribution is 2.30. The summed E-state index contributed by atoms with van der Waals surface area (Å²) in [6.07, 6.45) is 1.52. The van der Waals surface area contributed by atoms with Gasteiger partial charge in [-0.2, -0.15) is 0 Å². The molecular formula is C13H11ClN2O2S. The zero-order chi connectivity index (χ0) is 14.0. The normalized spacial score (nSPS) is 10.5. The molecule has 2 heterocycles. The fourth-order valence-electron chi connectivity index (χ4n) is 1.66. The molecule has 2 rings (SSSR count). The summed E-state index contributed by atoms with van der Waals surface area (Å²) in [6, 6.07) is 5.20. The minimum Gasteiger partial charge on any atom is -0.478 e. The smallest absolute Gasteiger partial charge is 0.338 e. The Hall–Kier alpha value is -1.59. The maximum Gasteiger partial charge on any atom is 0.338 e. The van der Waals surface area contributed by atoms with Gasteiger partial charge in [-0.15, -0.1) is 0 Å². The van der Waals surface area contributed by atoms with Crippen molar-refractivity contribution in [3.05, 3.63) is 46.2 Å². The van der Waals surface area contributed by atoms with Gasteiger partial charge in [-0.1, -0.05) is 11.6 Å². The summed E-state index contributed by atoms with van der Waals surface area (Å²) >= 11 is 6.98. The van der Waals surface area contributed by atoms with E-state index in [0.717, 1.165) is 5.69 Å². The lowest BCUT2D eigenvalue weighted by atomic mass is 10.1. The van der Waals surface area contributed by atoms with Crippen LogP contribution >= 0.6 is 23.4 Å². The maximum absolute atomic E-state index is 11.3. The van der Waals surface area contributed by atoms with Crippen LogP contribution in [0.15, 0.2) is 34.4 Å². The first-order valence-corrected chi connectivity index (χ1v) is 6.68. The molecule has 0 bridgehead atoms. The Balaban J connectivity index is 2.44. The van der Waals surface area contributed by atoms with Crippen LogP contribution < -0.4 is 0 Å². The Kier molecular flexibility index (Phi) is 4.07. The number of pyridine rings is 2. The lowest BCUT2D eigenvalue weighted by molar-refractivity contribution is 0.0691. The van der Waals surface area contributed by atoms with E-state index in [-0.39, 0.29) is 5.56 Å². The number of carbonyl (C=O) groups is 1. The largest absolute Gasteiger partial charge is 0.478 e. The van der Waals surface area contributed by atoms with Crippen LogP contribution in [-0.2, 0) is 0 Å². The summed E-state index contributed by atoms with van der Waals surface area (Å²) < 4.78 is 0. The molecule has 0 aliphatic rings. The third-order valence-corrected chi connectivity index (χ3v) is 3.59. The molecule has 6 heteroatoms. The molecule has 0 unspecified atom stereocenters. The molecule has 19 heavy (non-hydrogen) atoms. The summed E-state index contributed by atoms with van der Waals surface area (Å²) in [5.74, 6) is -0.985. The van der Waals surface area contributed by atoms with Crippen LogP contribution in [0.1, 0.15) is 21.6 Å². The zero-order valence-corrected chi connectivity index (χ0v) is 11.9. The highest BCUT2D eigenvalue weighted by Gasteiger charge is 2.17. The van der Waals surface area contributed by atoms with Gasteiger partial charge in [0.25, 0.3) is 0 Å². The number of aryl methyl sites for hydroxylation is 2. The predicted octanol–water partition coefficient (Wildman–Crippen LogP) is 3.60. The Morgan fingerprint density at radius 2 is 2.11 bits per heavy atom. The lowest BCUT2D eigenvalue weighted by Gasteiger charge is -2.08. The SMILES string of the molecule is Cc1cc(C)c(C(=O)O)c(Sc2ccc(Cl)cn2)n1. The van der Waals surface area contributed by atoms with Gasteiger partial charge in [0.05, 0.1) is 10.6 Å². The summed E-state index contributed by atoms with van der Waals surface area (Å²) in [5, 5.41) is 10.9. The van der Waals surface area contributed by atoms with Crippen molar-refractivity contribution in [3.63, 3.8) is 0 Å². The quantitative estimate of drug-likeness (QED) is 0.937. The predicted molar refractivity (Wildman–Crippen MR) is 74.0 cm³/mol. The lowest BCUT2D eigenvalue weighted by Crippen LogP contribution is -2.05. The van der Waals surface area contributed by atoms with Crippen LogP contribution in [0.4, 0.5) is 0 Å². The molecule has 0 aliphatic carbocycles. The van der Waals surface area contributed by atoms with Crippen molar-refractivity contribution in [3.8, 4) is 0 Å². The molecule has 98 valence electrons. The molecule has 4 nitrogen and oxygen atoms in total. The summed E-state index contributed by atoms with van der Waals surface area (Å²) in [5.41, 5.74) is 1.68. The topological polar surface area (TPSA) is 63.1 Å². The maximum atomic E-state index is 11.3. The number of aromatic carboxylic acids is 1. The first-order chi connectivity index (χ1) is 8.97. The van der Waals surface area contributed by atoms with E-state index in [1.165, 1.54) is 18.0 Å². The molecule has 0 saturated heterocycles. The second kappa shape index (κ2) is 5.59. The Morgan fingerprint density at radius 3 is 2.68 bits per heavy atom. The first-order valence-electron chi connectivity index (χ1n) is 5.48. The van der Waals surface area contributed by atoms with E-state index in [4.69, 9.17) is 11.6 Å². The van der Waals surface area contributed by atoms with Crippen LogP contribution in [0.5, 0.6) is 0 Å². The molecule has 0 saturated carbocycles. The number of rotatable bonds is 3. The summed E-state index contributed by atoms with van der Waals surface area (Å²) in [4.78, 5) is 19.7. The minimum atomic E-state index is -0.985. The average Bonchev–Trinajstić information content (AvgIpc) is 2.30. The Labute approximate surface area is 119 Å². The number of carboxylic acid groups (broad SMARTS) is 1. The average molecular weight is 295 g/mol. The number of halogens is 1. The van der Waals surface area contributed by atoms with Crippen LogP contribution in [0.25, 0.3) is 0 Å². The first kappa shape index (κ1) is 13.8. The third-order valence-electron chi connectivity index (χ3n) is 2.43. The van der Waals surface area contributed by atoms with Crippen molar-refractivity contribution in [2.45, 2.75) is 23.9 Å². The van der Waals surface area contributed by atoms with Gasteiger partial charge in [0.1, 0.15) is 10.1 Å². The molecule has 0 aromatic carbocycles. The van der Waals surface area contributed by atoms with Gasteiger partial charge in [0.15, 0.2) is 0 Å². The molecule has 0 aliphatic heterocycles. The molecule has 2 aromatic heterocycles. The number of hydrogen-bond donors (Lipinski definition) is 1. The van der Waals surface area contributed by atoms with Crippen molar-refractivity contribution < 1.29 is 9.90 Å². The van der Waals surface area contributed by atoms with Crippen LogP contribution in [0.3, 0.4) is 0 Å². The molecule has 1 N–H and O–H groups in total. The highest BCUT2D eigenvalue weighted by molar-refractivity contribution is 7.99. The minimum absolute atomic E-state index is 0.215. The van der Waals surface area contributed by atoms with Crippen molar-refractivity contribution in [1.29, 1.82) is 0 Å². The van der Waals surface area contributed by atoms with Crippen molar-refractivity contribution in [2.75, 3.05) is 0 Å². The van der Waals surface area contributed by atoms with Gasteiger partial charge in [0, 0.05) is 11.9 Å². The van der Waals surface area contributed by atoms with Gasteiger partial charge in [-0.05, 0) is 49.4 Å². The molecule has 0 amide bonds. The van der Waals surface area contributed by atoms with Gasteiger partial charge >= 0.3 is 5.97 Å². The van der Waals surface area contributed by atoms with Gasteiger partial charge in [0.2, 0.25) is 0 Å². The van der Waals surface area contributed by atoms with E-state index in [2.05, 4.69) is 9.97 Å². The summed E-state index contributed by atoms with van der Waals surface area (Å²) in [6.45, 7) is 3.59. The molecule has 2 aromatic rings. The molecule has 0 radical (unpaired) electrons. The van der Waals surface area contributed by atoms with Crippen molar-refractivity contribution in [2.24, 2.45) is 0 Å². The molecular weight excluding hydrogens is 284 g/mol. The number of aromatic nitrogens is 2. The number of carboxylic acids is 1. The van der Waals surface area contributed by atoms with E-state index in [9.17, 15) is 9.90 Å². The van der Waals surface area contributed by atoms with Crippen LogP contribution in [-0.4, -0.2) is 21.0 Å². The van der Waals surface area contributed by atoms with Crippen LogP contribution in [0.2, 0.25) is 5.02 Å². The molecule has 0 fully saturated rings. The third kappa shape index (κ3) is 3.24. The van der Waals surface area contributed by atoms with Crippen LogP contribution in [0, 0.1) is 13.8 Å². The second-order valence-electron chi connectivity index (χ2n) is 3.98. The fourth-order valence-corrected chi connectivity index (χ4v) is 2.75. The monoisotopic (exact) mass is 294 g/mol. The van der Waals surface area contributed by atoms with Gasteiger partial charge in [-0.3, -0.25) is 0 Å². The summed E-state index contributed by atoms with van der Waals surface area (Å²) in [7, 11) is 0. The Bertz CT molecular complexity index is 629. The van der Waals surface area contributed by atoms with Gasteiger partial charge in [-0.25, -0.2) is 14.8 Å².